The monoisotopic (exact) mass is 241 g/mol. The quantitative estimate of drug-likeness (QED) is 0.632. The molecule has 100 valence electrons. The molecule has 1 atom stereocenters. The van der Waals surface area contributed by atoms with Gasteiger partial charge in [0, 0.05) is 25.6 Å². The first-order chi connectivity index (χ1) is 8.13. The minimum absolute atomic E-state index is 0.179. The van der Waals surface area contributed by atoms with Gasteiger partial charge in [-0.15, -0.1) is 0 Å². The van der Waals surface area contributed by atoms with Gasteiger partial charge in [0.15, 0.2) is 0 Å². The van der Waals surface area contributed by atoms with Crippen LogP contribution in [0.1, 0.15) is 39.0 Å². The Kier molecular flexibility index (Phi) is 6.52. The molecule has 1 aliphatic rings. The second kappa shape index (κ2) is 7.67. The molecular formula is C13H27N3O. The van der Waals surface area contributed by atoms with Crippen LogP contribution in [0.3, 0.4) is 0 Å². The summed E-state index contributed by atoms with van der Waals surface area (Å²) in [5.74, 6) is 0.734. The Balaban J connectivity index is 1.96. The second-order valence-corrected chi connectivity index (χ2v) is 5.28. The lowest BCUT2D eigenvalue weighted by atomic mass is 10.0. The zero-order valence-electron chi connectivity index (χ0n) is 11.2. The minimum atomic E-state index is 0.179. The number of carbonyl (C=O) groups excluding carboxylic acids is 1. The number of amides is 1. The molecule has 0 radical (unpaired) electrons. The van der Waals surface area contributed by atoms with Gasteiger partial charge >= 0.3 is 0 Å². The lowest BCUT2D eigenvalue weighted by Crippen LogP contribution is -2.34. The van der Waals surface area contributed by atoms with Gasteiger partial charge in [-0.25, -0.2) is 0 Å². The normalized spacial score (nSPS) is 17.2. The Morgan fingerprint density at radius 1 is 1.47 bits per heavy atom. The summed E-state index contributed by atoms with van der Waals surface area (Å²) in [6, 6.07) is 0.775. The van der Waals surface area contributed by atoms with Crippen molar-refractivity contribution >= 4 is 5.91 Å². The molecule has 17 heavy (non-hydrogen) atoms. The summed E-state index contributed by atoms with van der Waals surface area (Å²) in [5.41, 5.74) is 5.48. The van der Waals surface area contributed by atoms with E-state index in [9.17, 15) is 4.79 Å². The van der Waals surface area contributed by atoms with E-state index in [1.165, 1.54) is 12.8 Å². The van der Waals surface area contributed by atoms with Crippen molar-refractivity contribution in [2.75, 3.05) is 26.7 Å². The third kappa shape index (κ3) is 6.64. The van der Waals surface area contributed by atoms with Gasteiger partial charge in [0.05, 0.1) is 0 Å². The van der Waals surface area contributed by atoms with E-state index in [0.29, 0.717) is 12.3 Å². The maximum Gasteiger partial charge on any atom is 0.220 e. The van der Waals surface area contributed by atoms with Crippen LogP contribution in [-0.4, -0.2) is 43.5 Å². The fourth-order valence-corrected chi connectivity index (χ4v) is 1.96. The first-order valence-corrected chi connectivity index (χ1v) is 6.80. The zero-order valence-corrected chi connectivity index (χ0v) is 11.2. The third-order valence-corrected chi connectivity index (χ3v) is 3.48. The minimum Gasteiger partial charge on any atom is -0.355 e. The van der Waals surface area contributed by atoms with Crippen LogP contribution in [0.4, 0.5) is 0 Å². The molecule has 1 fully saturated rings. The van der Waals surface area contributed by atoms with Crippen molar-refractivity contribution in [2.45, 2.75) is 45.1 Å². The van der Waals surface area contributed by atoms with Crippen LogP contribution < -0.4 is 11.1 Å². The highest BCUT2D eigenvalue weighted by Gasteiger charge is 2.25. The molecule has 0 bridgehead atoms. The summed E-state index contributed by atoms with van der Waals surface area (Å²) in [6.45, 7) is 4.61. The lowest BCUT2D eigenvalue weighted by Gasteiger charge is -2.16. The van der Waals surface area contributed by atoms with Crippen molar-refractivity contribution in [3.05, 3.63) is 0 Å². The predicted molar refractivity (Wildman–Crippen MR) is 70.7 cm³/mol. The van der Waals surface area contributed by atoms with E-state index in [4.69, 9.17) is 5.73 Å². The number of hydrogen-bond acceptors (Lipinski definition) is 3. The largest absolute Gasteiger partial charge is 0.355 e. The highest BCUT2D eigenvalue weighted by molar-refractivity contribution is 5.75. The van der Waals surface area contributed by atoms with Crippen LogP contribution in [0.5, 0.6) is 0 Å². The Morgan fingerprint density at radius 3 is 2.76 bits per heavy atom. The summed E-state index contributed by atoms with van der Waals surface area (Å²) >= 11 is 0. The van der Waals surface area contributed by atoms with E-state index in [2.05, 4.69) is 24.2 Å². The summed E-state index contributed by atoms with van der Waals surface area (Å²) in [7, 11) is 2.13. The van der Waals surface area contributed by atoms with Crippen molar-refractivity contribution in [3.8, 4) is 0 Å². The molecule has 0 aromatic rings. The molecule has 3 N–H and O–H groups in total. The molecule has 4 nitrogen and oxygen atoms in total. The molecule has 1 unspecified atom stereocenters. The first-order valence-electron chi connectivity index (χ1n) is 6.80. The fraction of sp³-hybridized carbons (Fsp3) is 0.923. The van der Waals surface area contributed by atoms with E-state index >= 15 is 0 Å². The molecule has 1 aliphatic carbocycles. The third-order valence-electron chi connectivity index (χ3n) is 3.48. The van der Waals surface area contributed by atoms with E-state index in [1.54, 1.807) is 0 Å². The van der Waals surface area contributed by atoms with E-state index < -0.39 is 0 Å². The highest BCUT2D eigenvalue weighted by Crippen LogP contribution is 2.24. The van der Waals surface area contributed by atoms with Crippen LogP contribution in [0, 0.1) is 5.92 Å². The molecule has 0 spiro atoms. The molecule has 1 amide bonds. The summed E-state index contributed by atoms with van der Waals surface area (Å²) in [6.07, 6.45) is 5.23. The van der Waals surface area contributed by atoms with Gasteiger partial charge in [-0.3, -0.25) is 4.79 Å². The fourth-order valence-electron chi connectivity index (χ4n) is 1.96. The van der Waals surface area contributed by atoms with Crippen molar-refractivity contribution in [3.63, 3.8) is 0 Å². The summed E-state index contributed by atoms with van der Waals surface area (Å²) in [5, 5.41) is 2.98. The van der Waals surface area contributed by atoms with Gasteiger partial charge in [0.1, 0.15) is 0 Å². The smallest absolute Gasteiger partial charge is 0.220 e. The van der Waals surface area contributed by atoms with Gasteiger partial charge in [-0.05, 0) is 45.2 Å². The van der Waals surface area contributed by atoms with E-state index in [0.717, 1.165) is 38.5 Å². The number of nitrogens with two attached hydrogens (primary N) is 1. The number of nitrogens with zero attached hydrogens (tertiary/aromatic N) is 1. The molecule has 0 aromatic carbocycles. The molecule has 0 aromatic heterocycles. The first kappa shape index (κ1) is 14.5. The predicted octanol–water partition coefficient (Wildman–Crippen LogP) is 0.962. The van der Waals surface area contributed by atoms with Gasteiger partial charge in [-0.2, -0.15) is 0 Å². The standard InChI is InChI=1S/C13H27N3O/c1-11(7-8-14)3-6-13(17)15-9-10-16(2)12-4-5-12/h11-12H,3-10,14H2,1-2H3,(H,15,17). The lowest BCUT2D eigenvalue weighted by molar-refractivity contribution is -0.121. The van der Waals surface area contributed by atoms with Gasteiger partial charge < -0.3 is 16.0 Å². The SMILES string of the molecule is CC(CCN)CCC(=O)NCCN(C)C1CC1. The topological polar surface area (TPSA) is 58.4 Å². The molecule has 0 saturated heterocycles. The number of rotatable bonds is 9. The Hall–Kier alpha value is -0.610. The Morgan fingerprint density at radius 2 is 2.18 bits per heavy atom. The molecule has 1 rings (SSSR count). The van der Waals surface area contributed by atoms with Gasteiger partial charge in [0.2, 0.25) is 5.91 Å². The average Bonchev–Trinajstić information content (AvgIpc) is 3.10. The Bertz CT molecular complexity index is 229. The van der Waals surface area contributed by atoms with Crippen molar-refractivity contribution < 1.29 is 4.79 Å². The number of carbonyl (C=O) groups is 1. The molecular weight excluding hydrogens is 214 g/mol. The highest BCUT2D eigenvalue weighted by atomic mass is 16.1. The van der Waals surface area contributed by atoms with Crippen molar-refractivity contribution in [2.24, 2.45) is 11.7 Å². The molecule has 1 saturated carbocycles. The average molecular weight is 241 g/mol. The number of nitrogens with one attached hydrogen (secondary N) is 1. The van der Waals surface area contributed by atoms with Crippen LogP contribution >= 0.6 is 0 Å². The van der Waals surface area contributed by atoms with Crippen LogP contribution in [-0.2, 0) is 4.79 Å². The van der Waals surface area contributed by atoms with E-state index in [1.807, 2.05) is 0 Å². The number of likely N-dealkylation sites (N-methyl/N-ethyl adjacent to an activating group) is 1. The summed E-state index contributed by atoms with van der Waals surface area (Å²) in [4.78, 5) is 13.9. The van der Waals surface area contributed by atoms with Crippen LogP contribution in [0.25, 0.3) is 0 Å². The maximum absolute atomic E-state index is 11.6. The molecule has 4 heteroatoms. The zero-order chi connectivity index (χ0) is 12.7. The maximum atomic E-state index is 11.6. The van der Waals surface area contributed by atoms with Gasteiger partial charge in [0.25, 0.3) is 0 Å². The summed E-state index contributed by atoms with van der Waals surface area (Å²) < 4.78 is 0. The van der Waals surface area contributed by atoms with Gasteiger partial charge in [-0.1, -0.05) is 6.92 Å². The molecule has 0 heterocycles. The van der Waals surface area contributed by atoms with Crippen LogP contribution in [0.2, 0.25) is 0 Å². The van der Waals surface area contributed by atoms with Crippen molar-refractivity contribution in [1.29, 1.82) is 0 Å². The Labute approximate surface area is 105 Å². The van der Waals surface area contributed by atoms with E-state index in [-0.39, 0.29) is 5.91 Å². The molecule has 0 aliphatic heterocycles. The van der Waals surface area contributed by atoms with Crippen LogP contribution in [0.15, 0.2) is 0 Å². The van der Waals surface area contributed by atoms with Crippen molar-refractivity contribution in [1.82, 2.24) is 10.2 Å². The number of hydrogen-bond donors (Lipinski definition) is 2. The second-order valence-electron chi connectivity index (χ2n) is 5.28.